The van der Waals surface area contributed by atoms with Crippen LogP contribution in [0, 0.1) is 18.6 Å². The maximum absolute atomic E-state index is 14.2. The molecule has 27 heavy (non-hydrogen) atoms. The maximum atomic E-state index is 14.2. The summed E-state index contributed by atoms with van der Waals surface area (Å²) in [5, 5.41) is 0. The van der Waals surface area contributed by atoms with Gasteiger partial charge in [-0.05, 0) is 43.3 Å². The van der Waals surface area contributed by atoms with Crippen molar-refractivity contribution in [1.82, 2.24) is 0 Å². The molecule has 0 unspecified atom stereocenters. The van der Waals surface area contributed by atoms with Crippen LogP contribution in [-0.4, -0.2) is 11.7 Å². The summed E-state index contributed by atoms with van der Waals surface area (Å²) in [6.45, 7) is 1.88. The number of hydrogen-bond acceptors (Lipinski definition) is 4. The molecular formula is C20H17F2NO3S. The first-order valence-corrected chi connectivity index (χ1v) is 9.13. The van der Waals surface area contributed by atoms with Crippen LogP contribution in [-0.2, 0) is 11.3 Å². The average molecular weight is 389 g/mol. The van der Waals surface area contributed by atoms with Crippen LogP contribution in [0.1, 0.15) is 33.2 Å². The lowest BCUT2D eigenvalue weighted by Crippen LogP contribution is -2.31. The van der Waals surface area contributed by atoms with Gasteiger partial charge in [0, 0.05) is 23.8 Å². The normalized spacial score (nSPS) is 10.8. The summed E-state index contributed by atoms with van der Waals surface area (Å²) in [4.78, 5) is 27.7. The van der Waals surface area contributed by atoms with Gasteiger partial charge < -0.3 is 9.32 Å². The third-order valence-corrected chi connectivity index (χ3v) is 5.02. The van der Waals surface area contributed by atoms with Gasteiger partial charge >= 0.3 is 0 Å². The molecule has 0 aliphatic heterocycles. The summed E-state index contributed by atoms with van der Waals surface area (Å²) in [6.07, 6.45) is 1.37. The molecule has 2 heterocycles. The number of halogens is 2. The number of carbonyl (C=O) groups is 2. The lowest BCUT2D eigenvalue weighted by atomic mass is 10.1. The zero-order valence-corrected chi connectivity index (χ0v) is 15.4. The highest BCUT2D eigenvalue weighted by Crippen LogP contribution is 2.24. The van der Waals surface area contributed by atoms with Crippen LogP contribution in [0.3, 0.4) is 0 Å². The molecule has 0 aliphatic carbocycles. The molecule has 1 aromatic carbocycles. The van der Waals surface area contributed by atoms with Crippen molar-refractivity contribution in [3.8, 4) is 0 Å². The molecular weight excluding hydrogens is 372 g/mol. The summed E-state index contributed by atoms with van der Waals surface area (Å²) in [5.41, 5.74) is -0.0581. The zero-order valence-electron chi connectivity index (χ0n) is 14.6. The molecule has 0 spiro atoms. The van der Waals surface area contributed by atoms with Crippen LogP contribution in [0.4, 0.5) is 14.5 Å². The van der Waals surface area contributed by atoms with Crippen molar-refractivity contribution in [2.24, 2.45) is 0 Å². The van der Waals surface area contributed by atoms with E-state index in [0.29, 0.717) is 10.6 Å². The standard InChI is InChI=1S/C20H17F2NO3S/c1-13-4-8-19(27-13)18(24)7-9-20(25)23(12-15-3-2-10-26-15)17-6-5-14(21)11-16(17)22/h2-6,8,10-11H,7,9,12H2,1H3. The van der Waals surface area contributed by atoms with E-state index >= 15 is 0 Å². The van der Waals surface area contributed by atoms with Gasteiger partial charge in [0.05, 0.1) is 23.4 Å². The Kier molecular flexibility index (Phi) is 5.81. The largest absolute Gasteiger partial charge is 0.467 e. The molecule has 140 valence electrons. The first-order chi connectivity index (χ1) is 12.9. The fourth-order valence-electron chi connectivity index (χ4n) is 2.63. The summed E-state index contributed by atoms with van der Waals surface area (Å²) < 4.78 is 32.7. The van der Waals surface area contributed by atoms with E-state index in [1.165, 1.54) is 28.6 Å². The monoisotopic (exact) mass is 389 g/mol. The Hall–Kier alpha value is -2.80. The van der Waals surface area contributed by atoms with Crippen molar-refractivity contribution in [1.29, 1.82) is 0 Å². The second-order valence-electron chi connectivity index (χ2n) is 5.99. The molecule has 0 aliphatic rings. The highest BCUT2D eigenvalue weighted by molar-refractivity contribution is 7.14. The topological polar surface area (TPSA) is 50.5 Å². The third kappa shape index (κ3) is 4.68. The van der Waals surface area contributed by atoms with E-state index < -0.39 is 17.5 Å². The van der Waals surface area contributed by atoms with Gasteiger partial charge in [0.15, 0.2) is 5.78 Å². The number of amides is 1. The Bertz CT molecular complexity index is 950. The second kappa shape index (κ2) is 8.26. The Morgan fingerprint density at radius 1 is 1.11 bits per heavy atom. The van der Waals surface area contributed by atoms with Crippen molar-refractivity contribution < 1.29 is 22.8 Å². The molecule has 0 saturated carbocycles. The van der Waals surface area contributed by atoms with Gasteiger partial charge in [-0.2, -0.15) is 0 Å². The van der Waals surface area contributed by atoms with Crippen molar-refractivity contribution in [2.75, 3.05) is 4.90 Å². The minimum Gasteiger partial charge on any atom is -0.467 e. The summed E-state index contributed by atoms with van der Waals surface area (Å²) in [7, 11) is 0. The van der Waals surface area contributed by atoms with Crippen LogP contribution in [0.15, 0.2) is 53.1 Å². The van der Waals surface area contributed by atoms with Crippen molar-refractivity contribution in [3.63, 3.8) is 0 Å². The van der Waals surface area contributed by atoms with Crippen molar-refractivity contribution in [2.45, 2.75) is 26.3 Å². The van der Waals surface area contributed by atoms with Gasteiger partial charge in [0.2, 0.25) is 5.91 Å². The van der Waals surface area contributed by atoms with Gasteiger partial charge in [-0.15, -0.1) is 11.3 Å². The molecule has 7 heteroatoms. The molecule has 3 rings (SSSR count). The first kappa shape index (κ1) is 19.0. The number of rotatable bonds is 7. The minimum absolute atomic E-state index is 0.0102. The molecule has 0 N–H and O–H groups in total. The number of ketones is 1. The molecule has 1 amide bonds. The Labute approximate surface area is 159 Å². The lowest BCUT2D eigenvalue weighted by molar-refractivity contribution is -0.118. The van der Waals surface area contributed by atoms with E-state index in [1.54, 1.807) is 18.2 Å². The number of carbonyl (C=O) groups excluding carboxylic acids is 2. The average Bonchev–Trinajstić information content (AvgIpc) is 3.29. The first-order valence-electron chi connectivity index (χ1n) is 8.31. The Morgan fingerprint density at radius 3 is 2.56 bits per heavy atom. The van der Waals surface area contributed by atoms with Crippen molar-refractivity contribution >= 4 is 28.7 Å². The fraction of sp³-hybridized carbons (Fsp3) is 0.200. The van der Waals surface area contributed by atoms with Gasteiger partial charge in [-0.1, -0.05) is 0 Å². The van der Waals surface area contributed by atoms with E-state index in [9.17, 15) is 18.4 Å². The number of Topliss-reactive ketones (excluding diaryl/α,β-unsaturated/α-hetero) is 1. The van der Waals surface area contributed by atoms with Gasteiger partial charge in [0.1, 0.15) is 17.4 Å². The van der Waals surface area contributed by atoms with Crippen LogP contribution in [0.5, 0.6) is 0 Å². The fourth-order valence-corrected chi connectivity index (χ4v) is 3.46. The molecule has 0 bridgehead atoms. The summed E-state index contributed by atoms with van der Waals surface area (Å²) in [5.74, 6) is -1.72. The Balaban J connectivity index is 1.77. The van der Waals surface area contributed by atoms with Crippen LogP contribution >= 0.6 is 11.3 Å². The van der Waals surface area contributed by atoms with E-state index in [2.05, 4.69) is 0 Å². The molecule has 0 saturated heterocycles. The molecule has 0 fully saturated rings. The van der Waals surface area contributed by atoms with E-state index in [4.69, 9.17) is 4.42 Å². The number of nitrogens with zero attached hydrogens (tertiary/aromatic N) is 1. The van der Waals surface area contributed by atoms with Gasteiger partial charge in [-0.3, -0.25) is 9.59 Å². The van der Waals surface area contributed by atoms with Crippen molar-refractivity contribution in [3.05, 3.63) is 75.9 Å². The number of hydrogen-bond donors (Lipinski definition) is 0. The zero-order chi connectivity index (χ0) is 19.4. The van der Waals surface area contributed by atoms with E-state index in [0.717, 1.165) is 17.0 Å². The second-order valence-corrected chi connectivity index (χ2v) is 7.28. The highest BCUT2D eigenvalue weighted by atomic mass is 32.1. The van der Waals surface area contributed by atoms with E-state index in [-0.39, 0.29) is 30.9 Å². The SMILES string of the molecule is Cc1ccc(C(=O)CCC(=O)N(Cc2ccco2)c2ccc(F)cc2F)s1. The third-order valence-electron chi connectivity index (χ3n) is 3.98. The number of benzene rings is 1. The molecule has 0 atom stereocenters. The van der Waals surface area contributed by atoms with Crippen LogP contribution in [0.25, 0.3) is 0 Å². The predicted octanol–water partition coefficient (Wildman–Crippen LogP) is 5.12. The smallest absolute Gasteiger partial charge is 0.227 e. The quantitative estimate of drug-likeness (QED) is 0.527. The van der Waals surface area contributed by atoms with Crippen LogP contribution in [0.2, 0.25) is 0 Å². The highest BCUT2D eigenvalue weighted by Gasteiger charge is 2.22. The van der Waals surface area contributed by atoms with E-state index in [1.807, 2.05) is 13.0 Å². The summed E-state index contributed by atoms with van der Waals surface area (Å²) in [6, 6.07) is 9.89. The summed E-state index contributed by atoms with van der Waals surface area (Å²) >= 11 is 1.37. The van der Waals surface area contributed by atoms with Gasteiger partial charge in [-0.25, -0.2) is 8.78 Å². The molecule has 0 radical (unpaired) electrons. The van der Waals surface area contributed by atoms with Crippen LogP contribution < -0.4 is 4.90 Å². The molecule has 4 nitrogen and oxygen atoms in total. The number of anilines is 1. The van der Waals surface area contributed by atoms with Gasteiger partial charge in [0.25, 0.3) is 0 Å². The number of furan rings is 1. The number of thiophene rings is 1. The molecule has 2 aromatic heterocycles. The lowest BCUT2D eigenvalue weighted by Gasteiger charge is -2.22. The molecule has 3 aromatic rings. The predicted molar refractivity (Wildman–Crippen MR) is 98.9 cm³/mol. The maximum Gasteiger partial charge on any atom is 0.227 e. The Morgan fingerprint density at radius 2 is 1.93 bits per heavy atom. The minimum atomic E-state index is -0.852. The number of aryl methyl sites for hydroxylation is 1.